The van der Waals surface area contributed by atoms with Gasteiger partial charge in [-0.3, -0.25) is 5.32 Å². The zero-order valence-corrected chi connectivity index (χ0v) is 12.4. The molecule has 3 rings (SSSR count). The summed E-state index contributed by atoms with van der Waals surface area (Å²) in [5.74, 6) is 0.546. The van der Waals surface area contributed by atoms with Crippen LogP contribution in [0.3, 0.4) is 0 Å². The number of nitrogen functional groups attached to an aromatic ring is 1. The van der Waals surface area contributed by atoms with E-state index in [0.717, 1.165) is 29.7 Å². The van der Waals surface area contributed by atoms with Crippen LogP contribution in [0.15, 0.2) is 30.5 Å². The topological polar surface area (TPSA) is 107 Å². The summed E-state index contributed by atoms with van der Waals surface area (Å²) in [7, 11) is 0. The highest BCUT2D eigenvalue weighted by molar-refractivity contribution is 5.60. The monoisotopic (exact) mass is 302 g/mol. The summed E-state index contributed by atoms with van der Waals surface area (Å²) in [6.07, 6.45) is 3.21. The molecule has 1 aliphatic rings. The number of nitrogens with zero attached hydrogens (tertiary/aromatic N) is 1. The Labute approximate surface area is 129 Å². The molecule has 22 heavy (non-hydrogen) atoms. The lowest BCUT2D eigenvalue weighted by atomic mass is 10.1. The molecule has 2 aromatic rings. The van der Waals surface area contributed by atoms with Crippen LogP contribution in [0.5, 0.6) is 0 Å². The van der Waals surface area contributed by atoms with Crippen LogP contribution in [0.1, 0.15) is 24.8 Å². The van der Waals surface area contributed by atoms with Crippen molar-refractivity contribution in [2.45, 2.75) is 38.1 Å². The number of hydrogen-bond acceptors (Lipinski definition) is 5. The van der Waals surface area contributed by atoms with Gasteiger partial charge < -0.3 is 20.9 Å². The van der Waals surface area contributed by atoms with Crippen molar-refractivity contribution in [3.63, 3.8) is 0 Å². The van der Waals surface area contributed by atoms with Crippen LogP contribution < -0.4 is 11.1 Å². The Kier molecular flexibility index (Phi) is 4.42. The molecule has 1 saturated carbocycles. The van der Waals surface area contributed by atoms with Gasteiger partial charge in [-0.15, -0.1) is 0 Å². The number of hydrogen-bond donors (Lipinski definition) is 5. The standard InChI is InChI=1S/C16H22N4O2/c17-16-19-9-14(20-16)11-3-1-10(2-4-11)8-18-15(22)12-5-6-13(21)7-12/h1-4,9,12-13,15,18,21-22H,5-8H2,(H3,17,19,20)/t12?,13-,15-/m1/s1. The molecule has 118 valence electrons. The van der Waals surface area contributed by atoms with Crippen molar-refractivity contribution in [3.8, 4) is 11.3 Å². The van der Waals surface area contributed by atoms with Gasteiger partial charge in [0.05, 0.1) is 18.0 Å². The van der Waals surface area contributed by atoms with Crippen molar-refractivity contribution < 1.29 is 10.2 Å². The maximum Gasteiger partial charge on any atom is 0.197 e. The van der Waals surface area contributed by atoms with Crippen molar-refractivity contribution in [3.05, 3.63) is 36.0 Å². The zero-order valence-electron chi connectivity index (χ0n) is 12.4. The first-order valence-corrected chi connectivity index (χ1v) is 7.61. The van der Waals surface area contributed by atoms with E-state index in [1.165, 1.54) is 0 Å². The maximum atomic E-state index is 10.1. The van der Waals surface area contributed by atoms with Gasteiger partial charge in [0, 0.05) is 12.5 Å². The van der Waals surface area contributed by atoms with Crippen LogP contribution in [0.25, 0.3) is 11.3 Å². The van der Waals surface area contributed by atoms with E-state index in [-0.39, 0.29) is 12.0 Å². The van der Waals surface area contributed by atoms with Gasteiger partial charge in [0.25, 0.3) is 0 Å². The van der Waals surface area contributed by atoms with Crippen LogP contribution in [0.2, 0.25) is 0 Å². The number of H-pyrrole nitrogens is 1. The molecule has 0 radical (unpaired) electrons. The average Bonchev–Trinajstić information content (AvgIpc) is 3.14. The Bertz CT molecular complexity index is 611. The molecule has 3 atom stereocenters. The summed E-state index contributed by atoms with van der Waals surface area (Å²) in [6.45, 7) is 0.596. The van der Waals surface area contributed by atoms with E-state index in [1.807, 2.05) is 24.3 Å². The largest absolute Gasteiger partial charge is 0.393 e. The normalized spacial score (nSPS) is 22.8. The number of aromatic amines is 1. The fraction of sp³-hybridized carbons (Fsp3) is 0.438. The SMILES string of the molecule is Nc1ncc(-c2ccc(CN[C@H](O)C3CC[C@@H](O)C3)cc2)[nH]1. The third-order valence-corrected chi connectivity index (χ3v) is 4.27. The van der Waals surface area contributed by atoms with Crippen molar-refractivity contribution in [2.24, 2.45) is 5.92 Å². The van der Waals surface area contributed by atoms with Gasteiger partial charge >= 0.3 is 0 Å². The molecule has 6 heteroatoms. The molecule has 0 saturated heterocycles. The lowest BCUT2D eigenvalue weighted by Crippen LogP contribution is -2.34. The van der Waals surface area contributed by atoms with Gasteiger partial charge in [-0.1, -0.05) is 24.3 Å². The van der Waals surface area contributed by atoms with Gasteiger partial charge in [-0.2, -0.15) is 0 Å². The van der Waals surface area contributed by atoms with E-state index < -0.39 is 6.23 Å². The summed E-state index contributed by atoms with van der Waals surface area (Å²) in [5, 5.41) is 22.8. The molecule has 6 N–H and O–H groups in total. The van der Waals surface area contributed by atoms with E-state index in [1.54, 1.807) is 6.20 Å². The van der Waals surface area contributed by atoms with E-state index in [9.17, 15) is 10.2 Å². The molecule has 6 nitrogen and oxygen atoms in total. The number of benzene rings is 1. The molecule has 1 fully saturated rings. The Balaban J connectivity index is 1.55. The number of aliphatic hydroxyl groups excluding tert-OH is 2. The zero-order chi connectivity index (χ0) is 15.5. The number of aliphatic hydroxyl groups is 2. The number of anilines is 1. The fourth-order valence-electron chi connectivity index (χ4n) is 2.95. The molecular weight excluding hydrogens is 280 g/mol. The molecule has 1 heterocycles. The van der Waals surface area contributed by atoms with Gasteiger partial charge in [0.2, 0.25) is 0 Å². The highest BCUT2D eigenvalue weighted by atomic mass is 16.3. The molecule has 1 aromatic heterocycles. The van der Waals surface area contributed by atoms with Gasteiger partial charge in [0.15, 0.2) is 5.95 Å². The Morgan fingerprint density at radius 3 is 2.68 bits per heavy atom. The predicted octanol–water partition coefficient (Wildman–Crippen LogP) is 1.23. The summed E-state index contributed by atoms with van der Waals surface area (Å²) in [5.41, 5.74) is 8.57. The lowest BCUT2D eigenvalue weighted by Gasteiger charge is -2.19. The van der Waals surface area contributed by atoms with Crippen LogP contribution in [-0.4, -0.2) is 32.5 Å². The molecule has 0 bridgehead atoms. The first kappa shape index (κ1) is 15.0. The first-order chi connectivity index (χ1) is 10.6. The predicted molar refractivity (Wildman–Crippen MR) is 84.6 cm³/mol. The number of nitrogens with one attached hydrogen (secondary N) is 2. The Morgan fingerprint density at radius 1 is 1.32 bits per heavy atom. The fourth-order valence-corrected chi connectivity index (χ4v) is 2.95. The number of nitrogens with two attached hydrogens (primary N) is 1. The van der Waals surface area contributed by atoms with E-state index in [0.29, 0.717) is 18.9 Å². The maximum absolute atomic E-state index is 10.1. The third kappa shape index (κ3) is 3.47. The Hall–Kier alpha value is -1.89. The van der Waals surface area contributed by atoms with Crippen LogP contribution >= 0.6 is 0 Å². The number of rotatable bonds is 5. The van der Waals surface area contributed by atoms with Gasteiger partial charge in [0.1, 0.15) is 6.23 Å². The second-order valence-electron chi connectivity index (χ2n) is 5.93. The number of aromatic nitrogens is 2. The van der Waals surface area contributed by atoms with Crippen LogP contribution in [0, 0.1) is 5.92 Å². The molecule has 1 aromatic carbocycles. The summed E-state index contributed by atoms with van der Waals surface area (Å²) >= 11 is 0. The minimum Gasteiger partial charge on any atom is -0.393 e. The first-order valence-electron chi connectivity index (χ1n) is 7.61. The van der Waals surface area contributed by atoms with E-state index in [2.05, 4.69) is 15.3 Å². The van der Waals surface area contributed by atoms with E-state index in [4.69, 9.17) is 5.73 Å². The van der Waals surface area contributed by atoms with Crippen LogP contribution in [-0.2, 0) is 6.54 Å². The highest BCUT2D eigenvalue weighted by Crippen LogP contribution is 2.27. The van der Waals surface area contributed by atoms with Crippen molar-refractivity contribution in [1.82, 2.24) is 15.3 Å². The molecule has 1 aliphatic carbocycles. The minimum absolute atomic E-state index is 0.141. The third-order valence-electron chi connectivity index (χ3n) is 4.27. The number of imidazole rings is 1. The van der Waals surface area contributed by atoms with Crippen LogP contribution in [0.4, 0.5) is 5.95 Å². The second-order valence-corrected chi connectivity index (χ2v) is 5.93. The molecular formula is C16H22N4O2. The molecule has 0 aliphatic heterocycles. The Morgan fingerprint density at radius 2 is 2.09 bits per heavy atom. The van der Waals surface area contributed by atoms with Gasteiger partial charge in [-0.05, 0) is 30.4 Å². The summed E-state index contributed by atoms with van der Waals surface area (Å²) in [4.78, 5) is 6.97. The van der Waals surface area contributed by atoms with E-state index >= 15 is 0 Å². The molecule has 0 spiro atoms. The minimum atomic E-state index is -0.566. The van der Waals surface area contributed by atoms with Crippen molar-refractivity contribution >= 4 is 5.95 Å². The molecule has 1 unspecified atom stereocenters. The second kappa shape index (κ2) is 6.48. The summed E-state index contributed by atoms with van der Waals surface area (Å²) < 4.78 is 0. The van der Waals surface area contributed by atoms with Gasteiger partial charge in [-0.25, -0.2) is 4.98 Å². The van der Waals surface area contributed by atoms with Crippen molar-refractivity contribution in [2.75, 3.05) is 5.73 Å². The lowest BCUT2D eigenvalue weighted by molar-refractivity contribution is 0.0665. The van der Waals surface area contributed by atoms with Crippen molar-refractivity contribution in [1.29, 1.82) is 0 Å². The summed E-state index contributed by atoms with van der Waals surface area (Å²) in [6, 6.07) is 8.01. The molecule has 0 amide bonds. The highest BCUT2D eigenvalue weighted by Gasteiger charge is 2.28. The quantitative estimate of drug-likeness (QED) is 0.534. The smallest absolute Gasteiger partial charge is 0.197 e. The average molecular weight is 302 g/mol.